The molecule has 0 heterocycles. The standard InChI is InChI=1S/C18H17F3N2O2S/c1-2-12-5-3-4-6-15(12)23-16(24)11-22-17(25)13-7-9-14(10-8-13)26-18(19,20)21/h3-10H,2,11H2,1H3,(H,22,25)(H,23,24). The third-order valence-electron chi connectivity index (χ3n) is 3.43. The van der Waals surface area contributed by atoms with Gasteiger partial charge in [-0.3, -0.25) is 9.59 Å². The predicted octanol–water partition coefficient (Wildman–Crippen LogP) is 4.23. The lowest BCUT2D eigenvalue weighted by molar-refractivity contribution is -0.115. The van der Waals surface area contributed by atoms with Gasteiger partial charge < -0.3 is 10.6 Å². The van der Waals surface area contributed by atoms with Gasteiger partial charge >= 0.3 is 5.51 Å². The van der Waals surface area contributed by atoms with Gasteiger partial charge in [0.2, 0.25) is 5.91 Å². The Hall–Kier alpha value is -2.48. The minimum atomic E-state index is -4.38. The van der Waals surface area contributed by atoms with E-state index in [2.05, 4.69) is 10.6 Å². The Morgan fingerprint density at radius 1 is 1.04 bits per heavy atom. The molecule has 138 valence electrons. The topological polar surface area (TPSA) is 58.2 Å². The second-order valence-electron chi connectivity index (χ2n) is 5.31. The molecule has 0 aliphatic heterocycles. The van der Waals surface area contributed by atoms with Gasteiger partial charge in [-0.25, -0.2) is 0 Å². The summed E-state index contributed by atoms with van der Waals surface area (Å²) in [5.41, 5.74) is -2.54. The molecular weight excluding hydrogens is 365 g/mol. The van der Waals surface area contributed by atoms with Crippen molar-refractivity contribution in [3.05, 3.63) is 59.7 Å². The normalized spacial score (nSPS) is 11.1. The van der Waals surface area contributed by atoms with Gasteiger partial charge in [-0.05, 0) is 54.1 Å². The van der Waals surface area contributed by atoms with Crippen molar-refractivity contribution in [1.82, 2.24) is 5.32 Å². The Kier molecular flexibility index (Phi) is 6.68. The van der Waals surface area contributed by atoms with E-state index in [1.807, 2.05) is 19.1 Å². The molecule has 0 fully saturated rings. The summed E-state index contributed by atoms with van der Waals surface area (Å²) < 4.78 is 36.8. The first-order chi connectivity index (χ1) is 12.3. The molecule has 0 aromatic heterocycles. The molecule has 0 bridgehead atoms. The van der Waals surface area contributed by atoms with Crippen molar-refractivity contribution >= 4 is 29.3 Å². The van der Waals surface area contributed by atoms with Gasteiger partial charge in [0.1, 0.15) is 0 Å². The molecule has 0 atom stereocenters. The van der Waals surface area contributed by atoms with Crippen molar-refractivity contribution in [2.45, 2.75) is 23.7 Å². The summed E-state index contributed by atoms with van der Waals surface area (Å²) in [6.45, 7) is 1.73. The smallest absolute Gasteiger partial charge is 0.343 e. The van der Waals surface area contributed by atoms with Gasteiger partial charge in [-0.15, -0.1) is 0 Å². The number of benzene rings is 2. The van der Waals surface area contributed by atoms with Gasteiger partial charge in [-0.2, -0.15) is 13.2 Å². The van der Waals surface area contributed by atoms with E-state index in [0.29, 0.717) is 5.69 Å². The van der Waals surface area contributed by atoms with Gasteiger partial charge in [0.15, 0.2) is 0 Å². The lowest BCUT2D eigenvalue weighted by Gasteiger charge is -2.10. The van der Waals surface area contributed by atoms with E-state index in [9.17, 15) is 22.8 Å². The van der Waals surface area contributed by atoms with E-state index in [-0.39, 0.29) is 34.7 Å². The monoisotopic (exact) mass is 382 g/mol. The highest BCUT2D eigenvalue weighted by Crippen LogP contribution is 2.36. The number of rotatable bonds is 6. The van der Waals surface area contributed by atoms with Crippen LogP contribution >= 0.6 is 11.8 Å². The fraction of sp³-hybridized carbons (Fsp3) is 0.222. The molecule has 2 amide bonds. The summed E-state index contributed by atoms with van der Waals surface area (Å²) >= 11 is -0.252. The summed E-state index contributed by atoms with van der Waals surface area (Å²) in [4.78, 5) is 24.0. The quantitative estimate of drug-likeness (QED) is 0.735. The first-order valence-electron chi connectivity index (χ1n) is 7.80. The Labute approximate surface area is 153 Å². The van der Waals surface area contributed by atoms with Gasteiger partial charge in [0, 0.05) is 16.1 Å². The largest absolute Gasteiger partial charge is 0.446 e. The molecule has 0 spiro atoms. The maximum Gasteiger partial charge on any atom is 0.446 e. The van der Waals surface area contributed by atoms with Crippen LogP contribution in [0.3, 0.4) is 0 Å². The average Bonchev–Trinajstić information content (AvgIpc) is 2.59. The van der Waals surface area contributed by atoms with E-state index in [1.54, 1.807) is 12.1 Å². The van der Waals surface area contributed by atoms with Crippen molar-refractivity contribution in [3.8, 4) is 0 Å². The molecule has 2 aromatic rings. The van der Waals surface area contributed by atoms with Crippen LogP contribution in [0.15, 0.2) is 53.4 Å². The molecule has 0 aliphatic carbocycles. The first kappa shape index (κ1) is 19.8. The SMILES string of the molecule is CCc1ccccc1NC(=O)CNC(=O)c1ccc(SC(F)(F)F)cc1. The summed E-state index contributed by atoms with van der Waals surface area (Å²) in [6, 6.07) is 12.3. The first-order valence-corrected chi connectivity index (χ1v) is 8.62. The molecular formula is C18H17F3N2O2S. The van der Waals surface area contributed by atoms with Crippen LogP contribution in [0.4, 0.5) is 18.9 Å². The Morgan fingerprint density at radius 2 is 1.69 bits per heavy atom. The molecule has 0 aliphatic rings. The van der Waals surface area contributed by atoms with E-state index in [0.717, 1.165) is 12.0 Å². The van der Waals surface area contributed by atoms with Crippen LogP contribution in [0.5, 0.6) is 0 Å². The Morgan fingerprint density at radius 3 is 2.31 bits per heavy atom. The van der Waals surface area contributed by atoms with Crippen molar-refractivity contribution in [1.29, 1.82) is 0 Å². The zero-order valence-electron chi connectivity index (χ0n) is 13.9. The van der Waals surface area contributed by atoms with Crippen LogP contribution < -0.4 is 10.6 Å². The fourth-order valence-electron chi connectivity index (χ4n) is 2.22. The summed E-state index contributed by atoms with van der Waals surface area (Å²) in [5, 5.41) is 5.17. The number of hydrogen-bond acceptors (Lipinski definition) is 3. The third kappa shape index (κ3) is 6.11. The summed E-state index contributed by atoms with van der Waals surface area (Å²) in [7, 11) is 0. The lowest BCUT2D eigenvalue weighted by Crippen LogP contribution is -2.33. The van der Waals surface area contributed by atoms with Crippen LogP contribution in [0.2, 0.25) is 0 Å². The number of hydrogen-bond donors (Lipinski definition) is 2. The molecule has 2 rings (SSSR count). The highest BCUT2D eigenvalue weighted by molar-refractivity contribution is 8.00. The molecule has 0 radical (unpaired) electrons. The van der Waals surface area contributed by atoms with Crippen LogP contribution in [-0.4, -0.2) is 23.9 Å². The summed E-state index contributed by atoms with van der Waals surface area (Å²) in [6.07, 6.45) is 0.755. The number of carbonyl (C=O) groups excluding carboxylic acids is 2. The Balaban J connectivity index is 1.88. The number of aryl methyl sites for hydroxylation is 1. The van der Waals surface area contributed by atoms with E-state index in [4.69, 9.17) is 0 Å². The molecule has 0 unspecified atom stereocenters. The molecule has 8 heteroatoms. The maximum atomic E-state index is 12.3. The van der Waals surface area contributed by atoms with E-state index >= 15 is 0 Å². The van der Waals surface area contributed by atoms with Gasteiger partial charge in [0.05, 0.1) is 6.54 Å². The van der Waals surface area contributed by atoms with Crippen LogP contribution in [0.25, 0.3) is 0 Å². The van der Waals surface area contributed by atoms with Crippen molar-refractivity contribution < 1.29 is 22.8 Å². The third-order valence-corrected chi connectivity index (χ3v) is 4.17. The molecule has 4 nitrogen and oxygen atoms in total. The van der Waals surface area contributed by atoms with Crippen molar-refractivity contribution in [2.24, 2.45) is 0 Å². The second kappa shape index (κ2) is 8.75. The van der Waals surface area contributed by atoms with Crippen LogP contribution in [0, 0.1) is 0 Å². The zero-order valence-corrected chi connectivity index (χ0v) is 14.7. The number of anilines is 1. The summed E-state index contributed by atoms with van der Waals surface area (Å²) in [5.74, 6) is -0.920. The maximum absolute atomic E-state index is 12.3. The molecule has 0 saturated carbocycles. The fourth-order valence-corrected chi connectivity index (χ4v) is 2.75. The second-order valence-corrected chi connectivity index (χ2v) is 6.45. The van der Waals surface area contributed by atoms with Crippen molar-refractivity contribution in [2.75, 3.05) is 11.9 Å². The van der Waals surface area contributed by atoms with E-state index < -0.39 is 11.4 Å². The highest BCUT2D eigenvalue weighted by Gasteiger charge is 2.29. The Bertz CT molecular complexity index is 777. The highest BCUT2D eigenvalue weighted by atomic mass is 32.2. The van der Waals surface area contributed by atoms with Crippen molar-refractivity contribution in [3.63, 3.8) is 0 Å². The van der Waals surface area contributed by atoms with Crippen LogP contribution in [-0.2, 0) is 11.2 Å². The number of thioether (sulfide) groups is 1. The van der Waals surface area contributed by atoms with E-state index in [1.165, 1.54) is 24.3 Å². The molecule has 2 aromatic carbocycles. The number of amides is 2. The molecule has 26 heavy (non-hydrogen) atoms. The minimum Gasteiger partial charge on any atom is -0.343 e. The number of halogens is 3. The number of carbonyl (C=O) groups is 2. The van der Waals surface area contributed by atoms with Crippen LogP contribution in [0.1, 0.15) is 22.8 Å². The number of nitrogens with one attached hydrogen (secondary N) is 2. The zero-order chi connectivity index (χ0) is 19.2. The number of para-hydroxylation sites is 1. The molecule has 0 saturated heterocycles. The minimum absolute atomic E-state index is 0.0111. The lowest BCUT2D eigenvalue weighted by atomic mass is 10.1. The number of alkyl halides is 3. The van der Waals surface area contributed by atoms with Gasteiger partial charge in [0.25, 0.3) is 5.91 Å². The molecule has 2 N–H and O–H groups in total. The predicted molar refractivity (Wildman–Crippen MR) is 95.1 cm³/mol. The average molecular weight is 382 g/mol. The van der Waals surface area contributed by atoms with Gasteiger partial charge in [-0.1, -0.05) is 25.1 Å².